The predicted octanol–water partition coefficient (Wildman–Crippen LogP) is 3.58. The lowest BCUT2D eigenvalue weighted by Gasteiger charge is -2.01. The Kier molecular flexibility index (Phi) is 2.99. The zero-order chi connectivity index (χ0) is 15.0. The van der Waals surface area contributed by atoms with E-state index in [1.165, 1.54) is 7.11 Å². The Morgan fingerprint density at radius 2 is 2.05 bits per heavy atom. The Balaban J connectivity index is 2.35. The maximum Gasteiger partial charge on any atom is 0.331 e. The fraction of sp³-hybridized carbons (Fsp3) is 0.125. The van der Waals surface area contributed by atoms with Crippen LogP contribution >= 0.6 is 0 Å². The van der Waals surface area contributed by atoms with E-state index in [-0.39, 0.29) is 11.3 Å². The molecule has 0 saturated heterocycles. The van der Waals surface area contributed by atoms with Crippen LogP contribution in [0.4, 0.5) is 5.69 Å². The molecule has 3 rings (SSSR count). The fourth-order valence-electron chi connectivity index (χ4n) is 2.55. The van der Waals surface area contributed by atoms with Gasteiger partial charge in [0.2, 0.25) is 5.69 Å². The summed E-state index contributed by atoms with van der Waals surface area (Å²) in [5.41, 5.74) is 4.03. The fourth-order valence-corrected chi connectivity index (χ4v) is 2.55. The van der Waals surface area contributed by atoms with Gasteiger partial charge in [-0.05, 0) is 6.92 Å². The van der Waals surface area contributed by atoms with Crippen LogP contribution in [0.25, 0.3) is 21.7 Å². The van der Waals surface area contributed by atoms with Crippen molar-refractivity contribution in [1.82, 2.24) is 9.38 Å². The first-order valence-electron chi connectivity index (χ1n) is 6.42. The van der Waals surface area contributed by atoms with Crippen LogP contribution in [-0.4, -0.2) is 22.5 Å². The number of carbonyl (C=O) groups is 1. The molecule has 0 aliphatic heterocycles. The molecule has 0 bridgehead atoms. The summed E-state index contributed by atoms with van der Waals surface area (Å²) in [7, 11) is 1.31. The zero-order valence-electron chi connectivity index (χ0n) is 11.7. The average molecular weight is 279 g/mol. The Hall–Kier alpha value is -3.00. The number of H-pyrrole nitrogens is 1. The Morgan fingerprint density at radius 1 is 1.33 bits per heavy atom. The standard InChI is InChI=1S/C16H13N3O2/c1-10-14(11-7-5-4-6-8-11)19-9-12(17-2)13(15(19)18-10)16(20)21-3/h4-9,18H,1,3H3. The second-order valence-corrected chi connectivity index (χ2v) is 4.68. The number of aromatic amines is 1. The minimum Gasteiger partial charge on any atom is -0.466 e. The number of imidazole rings is 1. The van der Waals surface area contributed by atoms with E-state index in [1.54, 1.807) is 6.20 Å². The van der Waals surface area contributed by atoms with Gasteiger partial charge in [0, 0.05) is 17.5 Å². The highest BCUT2D eigenvalue weighted by Gasteiger charge is 2.23. The second kappa shape index (κ2) is 4.84. The van der Waals surface area contributed by atoms with Gasteiger partial charge < -0.3 is 14.1 Å². The van der Waals surface area contributed by atoms with Crippen molar-refractivity contribution in [1.29, 1.82) is 0 Å². The molecule has 3 aromatic rings. The Bertz CT molecular complexity index is 866. The molecule has 0 saturated carbocycles. The number of rotatable bonds is 2. The molecule has 0 spiro atoms. The third kappa shape index (κ3) is 1.89. The Labute approximate surface area is 121 Å². The lowest BCUT2D eigenvalue weighted by Crippen LogP contribution is -2.00. The van der Waals surface area contributed by atoms with E-state index in [2.05, 4.69) is 9.83 Å². The van der Waals surface area contributed by atoms with Crippen molar-refractivity contribution in [2.24, 2.45) is 0 Å². The van der Waals surface area contributed by atoms with Crippen molar-refractivity contribution < 1.29 is 9.53 Å². The van der Waals surface area contributed by atoms with Crippen LogP contribution in [0, 0.1) is 13.5 Å². The predicted molar refractivity (Wildman–Crippen MR) is 79.5 cm³/mol. The second-order valence-electron chi connectivity index (χ2n) is 4.68. The summed E-state index contributed by atoms with van der Waals surface area (Å²) in [4.78, 5) is 18.5. The average Bonchev–Trinajstić information content (AvgIpc) is 3.01. The number of fused-ring (bicyclic) bond motifs is 1. The van der Waals surface area contributed by atoms with Crippen LogP contribution in [0.3, 0.4) is 0 Å². The maximum absolute atomic E-state index is 11.9. The number of hydrogen-bond acceptors (Lipinski definition) is 2. The minimum absolute atomic E-state index is 0.276. The van der Waals surface area contributed by atoms with Gasteiger partial charge >= 0.3 is 5.97 Å². The first-order valence-corrected chi connectivity index (χ1v) is 6.42. The molecule has 1 aromatic carbocycles. The van der Waals surface area contributed by atoms with Crippen molar-refractivity contribution >= 4 is 17.3 Å². The van der Waals surface area contributed by atoms with Crippen molar-refractivity contribution in [3.8, 4) is 11.3 Å². The van der Waals surface area contributed by atoms with Crippen LogP contribution in [0.2, 0.25) is 0 Å². The van der Waals surface area contributed by atoms with Crippen LogP contribution in [0.15, 0.2) is 36.5 Å². The van der Waals surface area contributed by atoms with E-state index >= 15 is 0 Å². The molecule has 2 heterocycles. The number of nitrogens with one attached hydrogen (secondary N) is 1. The normalized spacial score (nSPS) is 10.5. The summed E-state index contributed by atoms with van der Waals surface area (Å²) in [6, 6.07) is 9.83. The number of methoxy groups -OCH3 is 1. The third-order valence-electron chi connectivity index (χ3n) is 3.44. The van der Waals surface area contributed by atoms with Crippen molar-refractivity contribution in [3.63, 3.8) is 0 Å². The van der Waals surface area contributed by atoms with Crippen molar-refractivity contribution in [3.05, 3.63) is 59.2 Å². The summed E-state index contributed by atoms with van der Waals surface area (Å²) in [5, 5.41) is 0. The van der Waals surface area contributed by atoms with Crippen LogP contribution < -0.4 is 0 Å². The molecule has 0 aliphatic carbocycles. The van der Waals surface area contributed by atoms with Gasteiger partial charge in [0.15, 0.2) is 0 Å². The van der Waals surface area contributed by atoms with Gasteiger partial charge in [0.05, 0.1) is 19.4 Å². The van der Waals surface area contributed by atoms with Gasteiger partial charge in [-0.3, -0.25) is 0 Å². The van der Waals surface area contributed by atoms with Crippen LogP contribution in [0.1, 0.15) is 16.1 Å². The summed E-state index contributed by atoms with van der Waals surface area (Å²) in [6.07, 6.45) is 1.67. The summed E-state index contributed by atoms with van der Waals surface area (Å²) in [6.45, 7) is 9.18. The first-order chi connectivity index (χ1) is 10.2. The van der Waals surface area contributed by atoms with Crippen molar-refractivity contribution in [2.75, 3.05) is 7.11 Å². The van der Waals surface area contributed by atoms with Crippen LogP contribution in [-0.2, 0) is 4.74 Å². The molecule has 0 fully saturated rings. The molecule has 1 N–H and O–H groups in total. The van der Waals surface area contributed by atoms with Crippen molar-refractivity contribution in [2.45, 2.75) is 6.92 Å². The molecule has 104 valence electrons. The van der Waals surface area contributed by atoms with E-state index in [0.717, 1.165) is 17.0 Å². The molecular formula is C16H13N3O2. The highest BCUT2D eigenvalue weighted by atomic mass is 16.5. The topological polar surface area (TPSA) is 50.9 Å². The number of esters is 1. The van der Waals surface area contributed by atoms with E-state index in [4.69, 9.17) is 11.3 Å². The number of nitrogens with zero attached hydrogens (tertiary/aromatic N) is 2. The number of carbonyl (C=O) groups excluding carboxylic acids is 1. The lowest BCUT2D eigenvalue weighted by molar-refractivity contribution is 0.0604. The SMILES string of the molecule is [C-]#[N+]c1cn2c(-c3ccccc3)c(C)[nH]c2c1C(=O)OC. The van der Waals surface area contributed by atoms with Gasteiger partial charge in [-0.15, -0.1) is 0 Å². The monoisotopic (exact) mass is 279 g/mol. The number of ether oxygens (including phenoxy) is 1. The minimum atomic E-state index is -0.510. The van der Waals surface area contributed by atoms with Gasteiger partial charge in [-0.25, -0.2) is 9.64 Å². The summed E-state index contributed by atoms with van der Waals surface area (Å²) in [5.74, 6) is -0.510. The largest absolute Gasteiger partial charge is 0.466 e. The van der Waals surface area contributed by atoms with E-state index < -0.39 is 5.97 Å². The highest BCUT2D eigenvalue weighted by molar-refractivity contribution is 6.03. The summed E-state index contributed by atoms with van der Waals surface area (Å²) >= 11 is 0. The van der Waals surface area contributed by atoms with E-state index in [0.29, 0.717) is 5.65 Å². The molecule has 5 nitrogen and oxygen atoms in total. The number of aryl methyl sites for hydroxylation is 1. The highest BCUT2D eigenvalue weighted by Crippen LogP contribution is 2.33. The molecular weight excluding hydrogens is 266 g/mol. The van der Waals surface area contributed by atoms with Crippen LogP contribution in [0.5, 0.6) is 0 Å². The molecule has 0 atom stereocenters. The van der Waals surface area contributed by atoms with Gasteiger partial charge in [-0.2, -0.15) is 0 Å². The maximum atomic E-state index is 11.9. The molecule has 5 heteroatoms. The zero-order valence-corrected chi connectivity index (χ0v) is 11.7. The molecule has 2 aromatic heterocycles. The third-order valence-corrected chi connectivity index (χ3v) is 3.44. The van der Waals surface area contributed by atoms with Gasteiger partial charge in [-0.1, -0.05) is 30.3 Å². The lowest BCUT2D eigenvalue weighted by atomic mass is 10.1. The number of aromatic nitrogens is 2. The Morgan fingerprint density at radius 3 is 2.67 bits per heavy atom. The quantitative estimate of drug-likeness (QED) is 0.576. The van der Waals surface area contributed by atoms with Gasteiger partial charge in [0.1, 0.15) is 11.2 Å². The first kappa shape index (κ1) is 13.0. The summed E-state index contributed by atoms with van der Waals surface area (Å²) < 4.78 is 6.62. The van der Waals surface area contributed by atoms with Gasteiger partial charge in [0.25, 0.3) is 0 Å². The van der Waals surface area contributed by atoms with E-state index in [9.17, 15) is 4.79 Å². The molecule has 0 amide bonds. The molecule has 21 heavy (non-hydrogen) atoms. The molecule has 0 aliphatic rings. The number of hydrogen-bond donors (Lipinski definition) is 1. The molecule has 0 radical (unpaired) electrons. The molecule has 0 unspecified atom stereocenters. The smallest absolute Gasteiger partial charge is 0.331 e. The van der Waals surface area contributed by atoms with E-state index in [1.807, 2.05) is 41.7 Å². The number of benzene rings is 1.